The molecule has 3 heteroatoms. The van der Waals surface area contributed by atoms with Gasteiger partial charge in [0.25, 0.3) is 0 Å². The van der Waals surface area contributed by atoms with E-state index in [4.69, 9.17) is 4.79 Å². The van der Waals surface area contributed by atoms with Crippen LogP contribution >= 0.6 is 0 Å². The third-order valence-corrected chi connectivity index (χ3v) is 0.545. The van der Waals surface area contributed by atoms with E-state index in [9.17, 15) is 0 Å². The zero-order valence-electron chi connectivity index (χ0n) is 4.09. The van der Waals surface area contributed by atoms with Gasteiger partial charge in [0.15, 0.2) is 0 Å². The van der Waals surface area contributed by atoms with Gasteiger partial charge >= 0.3 is 5.78 Å². The van der Waals surface area contributed by atoms with Gasteiger partial charge < -0.3 is 3.79 Å². The summed E-state index contributed by atoms with van der Waals surface area (Å²) >= 11 is 2.03. The lowest BCUT2D eigenvalue weighted by molar-refractivity contribution is 0.534. The maximum atomic E-state index is 8.42. The molecule has 0 amide bonds. The second-order valence-electron chi connectivity index (χ2n) is 1.08. The molecule has 0 heterocycles. The normalized spacial score (nSPS) is 9.43. The number of ketones is 1. The molecule has 0 spiro atoms. The third kappa shape index (κ3) is 5.74. The van der Waals surface area contributed by atoms with E-state index in [0.717, 1.165) is 0 Å². The highest BCUT2D eigenvalue weighted by atomic mass is 27.1. The van der Waals surface area contributed by atoms with Crippen molar-refractivity contribution in [3.05, 3.63) is 12.3 Å². The summed E-state index contributed by atoms with van der Waals surface area (Å²) < 4.78 is 4.41. The first-order chi connectivity index (χ1) is 3.27. The van der Waals surface area contributed by atoms with Gasteiger partial charge in [-0.2, -0.15) is 0 Å². The minimum atomic E-state index is 0.238. The SMILES string of the molecule is CC(=[OH+])/C=C\[O][Al-]. The minimum Gasteiger partial charge on any atom is -0.883 e. The number of carbonyl (C=O) groups excluding carboxylic acids is 1. The Balaban J connectivity index is 3.26. The first kappa shape index (κ1) is 6.74. The van der Waals surface area contributed by atoms with Crippen molar-refractivity contribution in [3.8, 4) is 0 Å². The van der Waals surface area contributed by atoms with Gasteiger partial charge in [0, 0.05) is 6.26 Å². The lowest BCUT2D eigenvalue weighted by Gasteiger charge is -2.03. The first-order valence-electron chi connectivity index (χ1n) is 1.82. The molecule has 0 aromatic heterocycles. The van der Waals surface area contributed by atoms with E-state index in [0.29, 0.717) is 0 Å². The van der Waals surface area contributed by atoms with Crippen LogP contribution in [0.3, 0.4) is 0 Å². The Labute approximate surface area is 50.9 Å². The molecule has 0 aliphatic heterocycles. The Morgan fingerprint density at radius 3 is 2.57 bits per heavy atom. The lowest BCUT2D eigenvalue weighted by atomic mass is 10.4. The van der Waals surface area contributed by atoms with Crippen molar-refractivity contribution in [2.75, 3.05) is 0 Å². The molecule has 0 aromatic carbocycles. The second-order valence-corrected chi connectivity index (χ2v) is 1.35. The second kappa shape index (κ2) is 3.92. The molecule has 0 aliphatic carbocycles. The van der Waals surface area contributed by atoms with Crippen LogP contribution in [0.4, 0.5) is 0 Å². The molecular formula is C4H6AlO2. The van der Waals surface area contributed by atoms with Crippen LogP contribution in [-0.4, -0.2) is 27.2 Å². The van der Waals surface area contributed by atoms with Crippen molar-refractivity contribution in [3.63, 3.8) is 0 Å². The molecule has 3 radical (unpaired) electrons. The number of hydrogen-bond acceptors (Lipinski definition) is 1. The van der Waals surface area contributed by atoms with Gasteiger partial charge in [-0.05, 0) is 0 Å². The molecule has 0 atom stereocenters. The van der Waals surface area contributed by atoms with Gasteiger partial charge in [0.2, 0.25) is 0 Å². The average Bonchev–Trinajstić information content (AvgIpc) is 1.61. The van der Waals surface area contributed by atoms with Gasteiger partial charge in [-0.15, -0.1) is 0 Å². The Hall–Kier alpha value is -0.258. The zero-order valence-corrected chi connectivity index (χ0v) is 5.24. The van der Waals surface area contributed by atoms with Crippen LogP contribution in [-0.2, 0) is 3.79 Å². The van der Waals surface area contributed by atoms with Crippen LogP contribution in [0.25, 0.3) is 0 Å². The number of hydrogen-bond donors (Lipinski definition) is 0. The standard InChI is InChI=1S/C4H6O2.Al/c1-4(6)2-3-5;/h2-3,5H,1H3;/b3-2-;. The molecule has 0 aliphatic rings. The molecule has 0 aromatic rings. The minimum absolute atomic E-state index is 0.238. The van der Waals surface area contributed by atoms with Crippen molar-refractivity contribution < 1.29 is 8.58 Å². The summed E-state index contributed by atoms with van der Waals surface area (Å²) in [6.07, 6.45) is 2.83. The zero-order chi connectivity index (χ0) is 5.70. The molecule has 0 rings (SSSR count). The fraction of sp³-hybridized carbons (Fsp3) is 0.250. The van der Waals surface area contributed by atoms with Crippen LogP contribution in [0.2, 0.25) is 0 Å². The molecule has 1 N–H and O–H groups in total. The van der Waals surface area contributed by atoms with Crippen molar-refractivity contribution in [2.45, 2.75) is 6.92 Å². The van der Waals surface area contributed by atoms with Crippen molar-refractivity contribution in [1.29, 1.82) is 0 Å². The van der Waals surface area contributed by atoms with Crippen molar-refractivity contribution in [1.82, 2.24) is 0 Å². The van der Waals surface area contributed by atoms with E-state index in [1.54, 1.807) is 6.92 Å². The van der Waals surface area contributed by atoms with Gasteiger partial charge in [-0.1, -0.05) is 0 Å². The summed E-state index contributed by atoms with van der Waals surface area (Å²) in [7, 11) is 0. The highest BCUT2D eigenvalue weighted by Gasteiger charge is 1.83. The third-order valence-electron chi connectivity index (χ3n) is 0.388. The highest BCUT2D eigenvalue weighted by Crippen LogP contribution is 1.71. The Morgan fingerprint density at radius 1 is 1.86 bits per heavy atom. The Morgan fingerprint density at radius 2 is 2.43 bits per heavy atom. The maximum Gasteiger partial charge on any atom is 0.316 e. The van der Waals surface area contributed by atoms with Crippen LogP contribution in [0.15, 0.2) is 12.3 Å². The highest BCUT2D eigenvalue weighted by molar-refractivity contribution is 5.98. The van der Waals surface area contributed by atoms with Crippen molar-refractivity contribution in [2.24, 2.45) is 0 Å². The smallest absolute Gasteiger partial charge is 0.316 e. The van der Waals surface area contributed by atoms with E-state index >= 15 is 0 Å². The van der Waals surface area contributed by atoms with Gasteiger partial charge in [0.1, 0.15) is 0 Å². The Bertz CT molecular complexity index is 87.7. The summed E-state index contributed by atoms with van der Waals surface area (Å²) in [5.41, 5.74) is 0. The van der Waals surface area contributed by atoms with Crippen LogP contribution < -0.4 is 0 Å². The van der Waals surface area contributed by atoms with Gasteiger partial charge in [-0.3, -0.25) is 21.4 Å². The van der Waals surface area contributed by atoms with E-state index in [2.05, 4.69) is 3.79 Å². The van der Waals surface area contributed by atoms with E-state index in [1.807, 2.05) is 16.6 Å². The molecular weight excluding hydrogens is 107 g/mol. The maximum absolute atomic E-state index is 8.42. The molecule has 0 unspecified atom stereocenters. The quantitative estimate of drug-likeness (QED) is 0.217. The van der Waals surface area contributed by atoms with Gasteiger partial charge in [0.05, 0.1) is 13.0 Å². The van der Waals surface area contributed by atoms with Gasteiger partial charge in [-0.25, -0.2) is 0 Å². The molecule has 0 saturated heterocycles. The van der Waals surface area contributed by atoms with Crippen molar-refractivity contribution >= 4 is 22.4 Å². The van der Waals surface area contributed by atoms with Crippen LogP contribution in [0.1, 0.15) is 6.92 Å². The van der Waals surface area contributed by atoms with Crippen LogP contribution in [0.5, 0.6) is 0 Å². The lowest BCUT2D eigenvalue weighted by Crippen LogP contribution is -1.81. The number of allylic oxidation sites excluding steroid dienone is 1. The first-order valence-corrected chi connectivity index (χ1v) is 2.29. The summed E-state index contributed by atoms with van der Waals surface area (Å²) in [6.45, 7) is 1.57. The fourth-order valence-corrected chi connectivity index (χ4v) is 0.216. The summed E-state index contributed by atoms with van der Waals surface area (Å²) in [6, 6.07) is 0. The molecule has 2 nitrogen and oxygen atoms in total. The molecule has 0 fully saturated rings. The topological polar surface area (TPSA) is 30.6 Å². The predicted molar refractivity (Wildman–Crippen MR) is 28.6 cm³/mol. The van der Waals surface area contributed by atoms with Crippen LogP contribution in [0, 0.1) is 0 Å². The fourth-order valence-electron chi connectivity index (χ4n) is 0.138. The summed E-state index contributed by atoms with van der Waals surface area (Å²) in [5.74, 6) is 0.238. The summed E-state index contributed by atoms with van der Waals surface area (Å²) in [4.78, 5) is 8.42. The molecule has 0 bridgehead atoms. The van der Waals surface area contributed by atoms with E-state index < -0.39 is 0 Å². The molecule has 0 saturated carbocycles. The molecule has 37 valence electrons. The largest absolute Gasteiger partial charge is 0.883 e. The predicted octanol–water partition coefficient (Wildman–Crippen LogP) is 0.165. The monoisotopic (exact) mass is 113 g/mol. The Kier molecular flexibility index (Phi) is 3.77. The van der Waals surface area contributed by atoms with E-state index in [1.165, 1.54) is 12.3 Å². The number of rotatable bonds is 2. The van der Waals surface area contributed by atoms with E-state index in [-0.39, 0.29) is 5.78 Å². The average molecular weight is 113 g/mol. The molecule has 7 heavy (non-hydrogen) atoms. The summed E-state index contributed by atoms with van der Waals surface area (Å²) in [5, 5.41) is 0.